The van der Waals surface area contributed by atoms with Gasteiger partial charge in [0, 0.05) is 9.47 Å². The summed E-state index contributed by atoms with van der Waals surface area (Å²) in [5.41, 5.74) is 5.27. The van der Waals surface area contributed by atoms with E-state index in [0.717, 1.165) is 12.8 Å². The van der Waals surface area contributed by atoms with Crippen molar-refractivity contribution in [3.8, 4) is 0 Å². The van der Waals surface area contributed by atoms with Gasteiger partial charge in [-0.15, -0.1) is 0 Å². The van der Waals surface area contributed by atoms with Crippen LogP contribution in [0.1, 0.15) is 47.0 Å². The van der Waals surface area contributed by atoms with E-state index in [1.165, 1.54) is 29.9 Å². The molecule has 0 radical (unpaired) electrons. The molecule has 0 saturated heterocycles. The van der Waals surface area contributed by atoms with Crippen LogP contribution in [0.5, 0.6) is 0 Å². The summed E-state index contributed by atoms with van der Waals surface area (Å²) >= 11 is 1.49. The van der Waals surface area contributed by atoms with Crippen molar-refractivity contribution in [2.45, 2.75) is 53.1 Å². The molecule has 15 heteroatoms. The van der Waals surface area contributed by atoms with Gasteiger partial charge in [0.15, 0.2) is 12.7 Å². The number of nitrogens with two attached hydrogens (primary N) is 1. The molecule has 186 valence electrons. The van der Waals surface area contributed by atoms with Gasteiger partial charge in [-0.3, -0.25) is 22.5 Å². The van der Waals surface area contributed by atoms with Crippen molar-refractivity contribution in [2.75, 3.05) is 38.7 Å². The summed E-state index contributed by atoms with van der Waals surface area (Å²) < 4.78 is 52.6. The Morgan fingerprint density at radius 3 is 2.06 bits per heavy atom. The fourth-order valence-corrected chi connectivity index (χ4v) is 5.82. The molecule has 0 aromatic carbocycles. The van der Waals surface area contributed by atoms with Crippen molar-refractivity contribution in [1.29, 1.82) is 0 Å². The molecule has 0 heterocycles. The Kier molecular flexibility index (Phi) is 21.4. The summed E-state index contributed by atoms with van der Waals surface area (Å²) in [6.07, 6.45) is 1.76. The Morgan fingerprint density at radius 2 is 1.61 bits per heavy atom. The number of ether oxygens (including phenoxy) is 2. The van der Waals surface area contributed by atoms with Crippen molar-refractivity contribution < 1.29 is 44.4 Å². The predicted molar refractivity (Wildman–Crippen MR) is 129 cm³/mol. The molecule has 0 rings (SSSR count). The van der Waals surface area contributed by atoms with Crippen LogP contribution in [0.2, 0.25) is 0 Å². The van der Waals surface area contributed by atoms with E-state index < -0.39 is 33.2 Å². The lowest BCUT2D eigenvalue weighted by molar-refractivity contribution is -0.150. The Labute approximate surface area is 201 Å². The predicted octanol–water partition coefficient (Wildman–Crippen LogP) is 4.23. The molecule has 0 fully saturated rings. The number of hydrogen-bond acceptors (Lipinski definition) is 11. The highest BCUT2D eigenvalue weighted by atomic mass is 127. The van der Waals surface area contributed by atoms with Crippen LogP contribution in [0.15, 0.2) is 0 Å². The molecule has 0 aliphatic carbocycles. The Balaban J connectivity index is 0. The van der Waals surface area contributed by atoms with Gasteiger partial charge in [0.2, 0.25) is 0 Å². The maximum atomic E-state index is 12.0. The van der Waals surface area contributed by atoms with Crippen molar-refractivity contribution in [3.05, 3.63) is 0 Å². The molecule has 11 nitrogen and oxygen atoms in total. The molecule has 0 amide bonds. The number of unbranched alkanes of at least 4 members (excludes halogenated alkanes) is 1. The maximum Gasteiger partial charge on any atom is 0.340 e. The molecule has 2 N–H and O–H groups in total. The van der Waals surface area contributed by atoms with Crippen LogP contribution in [-0.2, 0) is 44.4 Å². The third-order valence-electron chi connectivity index (χ3n) is 3.31. The average Bonchev–Trinajstić information content (AvgIpc) is 2.75. The summed E-state index contributed by atoms with van der Waals surface area (Å²) in [6.45, 7) is 7.43. The molecule has 0 aromatic rings. The lowest BCUT2D eigenvalue weighted by Gasteiger charge is -2.19. The highest BCUT2D eigenvalue weighted by molar-refractivity contribution is 14.1. The summed E-state index contributed by atoms with van der Waals surface area (Å²) in [5.74, 6) is -1.08. The van der Waals surface area contributed by atoms with Crippen molar-refractivity contribution in [3.63, 3.8) is 0 Å². The van der Waals surface area contributed by atoms with Crippen LogP contribution >= 0.6 is 47.7 Å². The number of rotatable bonds is 16. The quantitative estimate of drug-likeness (QED) is 0.150. The van der Waals surface area contributed by atoms with E-state index in [9.17, 15) is 18.7 Å². The van der Waals surface area contributed by atoms with E-state index >= 15 is 0 Å². The van der Waals surface area contributed by atoms with Crippen LogP contribution in [0.3, 0.4) is 0 Å². The summed E-state index contributed by atoms with van der Waals surface area (Å²) in [5, 5.41) is 0. The van der Waals surface area contributed by atoms with Crippen LogP contribution in [0, 0.1) is 0 Å². The van der Waals surface area contributed by atoms with Crippen molar-refractivity contribution in [1.82, 2.24) is 0 Å². The van der Waals surface area contributed by atoms with E-state index in [2.05, 4.69) is 4.74 Å². The van der Waals surface area contributed by atoms with E-state index in [4.69, 9.17) is 26.7 Å². The number of halogens is 1. The molecule has 0 aromatic heterocycles. The van der Waals surface area contributed by atoms with Gasteiger partial charge in [-0.25, -0.2) is 12.4 Å². The number of carbonyl (C=O) groups is 2. The van der Waals surface area contributed by atoms with Gasteiger partial charge in [0.25, 0.3) is 0 Å². The second-order valence-corrected chi connectivity index (χ2v) is 11.9. The first-order chi connectivity index (χ1) is 14.6. The third kappa shape index (κ3) is 17.5. The molecule has 0 aliphatic rings. The molecule has 3 unspecified atom stereocenters. The van der Waals surface area contributed by atoms with E-state index in [-0.39, 0.29) is 26.0 Å². The van der Waals surface area contributed by atoms with Crippen molar-refractivity contribution in [2.24, 2.45) is 5.73 Å². The largest absolute Gasteiger partial charge is 0.464 e. The zero-order valence-electron chi connectivity index (χ0n) is 18.5. The fraction of sp³-hybridized carbons (Fsp3) is 0.875. The van der Waals surface area contributed by atoms with Gasteiger partial charge in [-0.1, -0.05) is 13.3 Å². The second kappa shape index (κ2) is 19.8. The average molecular weight is 621 g/mol. The monoisotopic (exact) mass is 621 g/mol. The van der Waals surface area contributed by atoms with Crippen LogP contribution in [0.4, 0.5) is 0 Å². The fourth-order valence-electron chi connectivity index (χ4n) is 1.78. The summed E-state index contributed by atoms with van der Waals surface area (Å²) in [4.78, 5) is 22.2. The summed E-state index contributed by atoms with van der Waals surface area (Å²) in [7, 11) is -4.45. The molecular weight excluding hydrogens is 586 g/mol. The number of carbonyl (C=O) groups excluding carboxylic acids is 2. The van der Waals surface area contributed by atoms with Crippen LogP contribution in [-0.4, -0.2) is 56.7 Å². The molecular formula is C16H35INO10P3. The number of hydrogen-bond donors (Lipinski definition) is 1. The maximum absolute atomic E-state index is 12.0. The highest BCUT2D eigenvalue weighted by Crippen LogP contribution is 2.52. The molecule has 0 aliphatic heterocycles. The first-order valence-corrected chi connectivity index (χ1v) is 14.6. The van der Waals surface area contributed by atoms with E-state index in [0.29, 0.717) is 19.1 Å². The molecule has 4 atom stereocenters. The van der Waals surface area contributed by atoms with E-state index in [1.54, 1.807) is 13.8 Å². The van der Waals surface area contributed by atoms with Gasteiger partial charge in [0.1, 0.15) is 23.0 Å². The van der Waals surface area contributed by atoms with Crippen LogP contribution in [0.25, 0.3) is 0 Å². The van der Waals surface area contributed by atoms with Gasteiger partial charge in [-0.05, 0) is 40.2 Å². The van der Waals surface area contributed by atoms with Gasteiger partial charge in [-0.2, -0.15) is 0 Å². The third-order valence-corrected chi connectivity index (χ3v) is 9.49. The molecule has 0 bridgehead atoms. The highest BCUT2D eigenvalue weighted by Gasteiger charge is 2.29. The minimum absolute atomic E-state index is 0.200. The Hall–Kier alpha value is 0.360. The molecule has 0 spiro atoms. The Morgan fingerprint density at radius 1 is 1.03 bits per heavy atom. The first kappa shape index (κ1) is 33.5. The second-order valence-electron chi connectivity index (χ2n) is 5.92. The van der Waals surface area contributed by atoms with Crippen molar-refractivity contribution >= 4 is 59.6 Å². The number of esters is 2. The first-order valence-electron chi connectivity index (χ1n) is 9.79. The van der Waals surface area contributed by atoms with Crippen LogP contribution < -0.4 is 5.73 Å². The lowest BCUT2D eigenvalue weighted by atomic mass is 10.4. The van der Waals surface area contributed by atoms with Gasteiger partial charge >= 0.3 is 27.1 Å². The minimum atomic E-state index is -3.19. The molecule has 0 saturated carbocycles. The van der Waals surface area contributed by atoms with E-state index in [1.807, 2.05) is 16.4 Å². The zero-order valence-corrected chi connectivity index (χ0v) is 23.6. The SMILES string of the molecule is CCCCP(=O)(OP)O[C@H](C)C(=O)OCC.CCOC(=O)COP(=O)(CCCN)OI. The topological polar surface area (TPSA) is 150 Å². The minimum Gasteiger partial charge on any atom is -0.464 e. The summed E-state index contributed by atoms with van der Waals surface area (Å²) in [6, 6.07) is 0. The zero-order chi connectivity index (χ0) is 24.3. The Bertz CT molecular complexity index is 596. The molecule has 31 heavy (non-hydrogen) atoms. The smallest absolute Gasteiger partial charge is 0.340 e. The normalized spacial score (nSPS) is 15.6. The van der Waals surface area contributed by atoms with Gasteiger partial charge in [0.05, 0.1) is 25.5 Å². The standard InChI is InChI=1S/C9H20O5P2.C7H15INO5P/c1-4-6-7-16(11,14-15)13-8(3)9(10)12-5-2;1-2-12-7(10)6-13-15(11,14-8)5-3-4-9/h8H,4-7,15H2,1-3H3;2-6,9H2,1H3/t8-,16?;/m1./s1. The lowest BCUT2D eigenvalue weighted by Crippen LogP contribution is -2.22. The van der Waals surface area contributed by atoms with Gasteiger partial charge < -0.3 is 15.2 Å².